The van der Waals surface area contributed by atoms with E-state index >= 15 is 0 Å². The Morgan fingerprint density at radius 3 is 3.04 bits per heavy atom. The first-order chi connectivity index (χ1) is 13.1. The summed E-state index contributed by atoms with van der Waals surface area (Å²) in [6, 6.07) is 5.48. The summed E-state index contributed by atoms with van der Waals surface area (Å²) >= 11 is 0. The summed E-state index contributed by atoms with van der Waals surface area (Å²) in [6.07, 6.45) is 3.67. The van der Waals surface area contributed by atoms with E-state index in [9.17, 15) is 15.2 Å². The van der Waals surface area contributed by atoms with Gasteiger partial charge in [0, 0.05) is 0 Å². The molecule has 1 fully saturated rings. The largest absolute Gasteiger partial charge is 0.448 e. The number of nitrogens with two attached hydrogens (primary N) is 1. The predicted molar refractivity (Wildman–Crippen MR) is 99.4 cm³/mol. The maximum Gasteiger partial charge on any atom is 0.435 e. The van der Waals surface area contributed by atoms with Gasteiger partial charge in [0.15, 0.2) is 11.4 Å². The Morgan fingerprint density at radius 1 is 1.59 bits per heavy atom. The Kier molecular flexibility index (Phi) is 7.52. The number of rotatable bonds is 7. The third-order valence-corrected chi connectivity index (χ3v) is 4.30. The van der Waals surface area contributed by atoms with Crippen LogP contribution in [-0.4, -0.2) is 47.7 Å². The minimum atomic E-state index is -1.18. The van der Waals surface area contributed by atoms with Crippen LogP contribution in [0.1, 0.15) is 50.4 Å². The molecule has 1 aliphatic heterocycles. The van der Waals surface area contributed by atoms with Gasteiger partial charge in [0.25, 0.3) is 0 Å². The molecule has 2 unspecified atom stereocenters. The summed E-state index contributed by atoms with van der Waals surface area (Å²) in [6.45, 7) is 2.20. The fourth-order valence-electron chi connectivity index (χ4n) is 2.86. The van der Waals surface area contributed by atoms with Crippen molar-refractivity contribution in [3.63, 3.8) is 0 Å². The number of amides is 1. The molecule has 0 radical (unpaired) electrons. The number of carbonyl (C=O) groups excluding carboxylic acids is 1. The van der Waals surface area contributed by atoms with Crippen LogP contribution >= 0.6 is 0 Å². The van der Waals surface area contributed by atoms with Crippen molar-refractivity contribution in [2.45, 2.75) is 50.7 Å². The highest BCUT2D eigenvalue weighted by Crippen LogP contribution is 2.38. The lowest BCUT2D eigenvalue weighted by Gasteiger charge is -2.20. The van der Waals surface area contributed by atoms with Gasteiger partial charge in [0.1, 0.15) is 6.07 Å². The molecule has 1 aromatic rings. The highest BCUT2D eigenvalue weighted by atomic mass is 16.5. The van der Waals surface area contributed by atoms with Crippen molar-refractivity contribution in [3.05, 3.63) is 23.5 Å². The zero-order valence-corrected chi connectivity index (χ0v) is 15.4. The Morgan fingerprint density at radius 2 is 2.41 bits per heavy atom. The summed E-state index contributed by atoms with van der Waals surface area (Å²) in [5.41, 5.74) is 5.09. The van der Waals surface area contributed by atoms with Crippen LogP contribution in [0.4, 0.5) is 4.79 Å². The van der Waals surface area contributed by atoms with Gasteiger partial charge in [-0.3, -0.25) is 0 Å². The third kappa shape index (κ3) is 5.15. The first kappa shape index (κ1) is 20.6. The van der Waals surface area contributed by atoms with Crippen molar-refractivity contribution >= 4 is 18.3 Å². The van der Waals surface area contributed by atoms with E-state index < -0.39 is 11.7 Å². The molecule has 27 heavy (non-hydrogen) atoms. The first-order valence-corrected chi connectivity index (χ1v) is 8.98. The molecule has 2 heterocycles. The lowest BCUT2D eigenvalue weighted by Crippen LogP contribution is -2.26. The van der Waals surface area contributed by atoms with Crippen molar-refractivity contribution in [1.82, 2.24) is 4.98 Å². The number of nitriles is 1. The lowest BCUT2D eigenvalue weighted by molar-refractivity contribution is -0.0313. The quantitative estimate of drug-likeness (QED) is 0.377. The minimum absolute atomic E-state index is 0.0500. The van der Waals surface area contributed by atoms with Crippen LogP contribution in [0.3, 0.4) is 0 Å². The van der Waals surface area contributed by atoms with Crippen LogP contribution < -0.4 is 5.73 Å². The standard InChI is InChI=1S/C18H25N5O4/c1-2-3-4-9-26-17(25)23-16(21-12-20)14-5-6-15(22-14)18(11-19)8-7-13(10-24)27-18/h5-6,12-13,22,24H,2-4,7-10H2,1H3,(H2,20,21,23,25). The van der Waals surface area contributed by atoms with Crippen LogP contribution in [0.2, 0.25) is 0 Å². The molecular weight excluding hydrogens is 350 g/mol. The van der Waals surface area contributed by atoms with Crippen molar-refractivity contribution < 1.29 is 19.4 Å². The topological polar surface area (TPSA) is 146 Å². The Balaban J connectivity index is 2.16. The van der Waals surface area contributed by atoms with E-state index in [1.54, 1.807) is 12.1 Å². The molecule has 1 aromatic heterocycles. The number of aliphatic hydroxyl groups excluding tert-OH is 1. The fourth-order valence-corrected chi connectivity index (χ4v) is 2.86. The van der Waals surface area contributed by atoms with Gasteiger partial charge in [0.2, 0.25) is 0 Å². The van der Waals surface area contributed by atoms with Crippen LogP contribution in [0.15, 0.2) is 22.1 Å². The van der Waals surface area contributed by atoms with Gasteiger partial charge in [0.05, 0.1) is 37.0 Å². The van der Waals surface area contributed by atoms with Crippen LogP contribution in [0.25, 0.3) is 0 Å². The lowest BCUT2D eigenvalue weighted by atomic mass is 9.98. The average molecular weight is 375 g/mol. The summed E-state index contributed by atoms with van der Waals surface area (Å²) in [4.78, 5) is 22.6. The van der Waals surface area contributed by atoms with Gasteiger partial charge in [-0.25, -0.2) is 9.79 Å². The molecule has 9 nitrogen and oxygen atoms in total. The fraction of sp³-hybridized carbons (Fsp3) is 0.556. The number of carbonyl (C=O) groups is 1. The SMILES string of the molecule is CCCCCOC(=O)/N=C(\N=CN)c1ccc(C2(C#N)CCC(CO)O2)[nH]1. The van der Waals surface area contributed by atoms with Gasteiger partial charge in [-0.05, 0) is 31.4 Å². The first-order valence-electron chi connectivity index (χ1n) is 8.98. The molecule has 9 heteroatoms. The molecule has 1 amide bonds. The van der Waals surface area contributed by atoms with Crippen LogP contribution in [-0.2, 0) is 15.1 Å². The summed E-state index contributed by atoms with van der Waals surface area (Å²) in [5.74, 6) is 0.0500. The molecule has 4 N–H and O–H groups in total. The number of hydrogen-bond acceptors (Lipinski definition) is 5. The molecule has 0 aliphatic carbocycles. The molecule has 0 saturated carbocycles. The van der Waals surface area contributed by atoms with Gasteiger partial charge in [-0.15, -0.1) is 0 Å². The van der Waals surface area contributed by atoms with E-state index in [1.165, 1.54) is 0 Å². The molecule has 2 atom stereocenters. The summed E-state index contributed by atoms with van der Waals surface area (Å²) in [7, 11) is 0. The number of unbranched alkanes of at least 4 members (excludes halogenated alkanes) is 2. The van der Waals surface area contributed by atoms with E-state index in [1.807, 2.05) is 0 Å². The zero-order valence-electron chi connectivity index (χ0n) is 15.4. The number of ether oxygens (including phenoxy) is 2. The number of aromatic amines is 1. The summed E-state index contributed by atoms with van der Waals surface area (Å²) in [5, 5.41) is 18.8. The van der Waals surface area contributed by atoms with Gasteiger partial charge in [-0.2, -0.15) is 10.3 Å². The predicted octanol–water partition coefficient (Wildman–Crippen LogP) is 1.97. The number of aromatic nitrogens is 1. The second-order valence-corrected chi connectivity index (χ2v) is 6.22. The number of aliphatic hydroxyl groups is 1. The van der Waals surface area contributed by atoms with Crippen LogP contribution in [0.5, 0.6) is 0 Å². The van der Waals surface area contributed by atoms with Crippen molar-refractivity contribution in [2.24, 2.45) is 15.7 Å². The van der Waals surface area contributed by atoms with Crippen LogP contribution in [0, 0.1) is 11.3 Å². The molecule has 2 rings (SSSR count). The molecule has 0 spiro atoms. The summed E-state index contributed by atoms with van der Waals surface area (Å²) < 4.78 is 10.8. The second kappa shape index (κ2) is 9.85. The smallest absolute Gasteiger partial charge is 0.435 e. The highest BCUT2D eigenvalue weighted by Gasteiger charge is 2.43. The second-order valence-electron chi connectivity index (χ2n) is 6.22. The van der Waals surface area contributed by atoms with E-state index in [0.29, 0.717) is 30.8 Å². The molecule has 1 aliphatic rings. The average Bonchev–Trinajstić information content (AvgIpc) is 3.32. The Bertz CT molecular complexity index is 736. The number of hydrogen-bond donors (Lipinski definition) is 3. The molecule has 0 bridgehead atoms. The number of aliphatic imine (C=N–C) groups is 2. The van der Waals surface area contributed by atoms with Gasteiger partial charge in [-0.1, -0.05) is 19.8 Å². The Labute approximate surface area is 157 Å². The number of nitrogens with zero attached hydrogens (tertiary/aromatic N) is 3. The maximum absolute atomic E-state index is 11.9. The monoisotopic (exact) mass is 375 g/mol. The van der Waals surface area contributed by atoms with E-state index in [4.69, 9.17) is 15.2 Å². The molecule has 0 aromatic carbocycles. The Hall–Kier alpha value is -2.70. The zero-order chi connectivity index (χ0) is 19.7. The van der Waals surface area contributed by atoms with Crippen molar-refractivity contribution in [3.8, 4) is 6.07 Å². The van der Waals surface area contributed by atoms with E-state index in [2.05, 4.69) is 28.0 Å². The third-order valence-electron chi connectivity index (χ3n) is 4.30. The highest BCUT2D eigenvalue weighted by molar-refractivity contribution is 6.05. The normalized spacial score (nSPS) is 22.9. The van der Waals surface area contributed by atoms with Crippen molar-refractivity contribution in [2.75, 3.05) is 13.2 Å². The van der Waals surface area contributed by atoms with Gasteiger partial charge < -0.3 is 25.3 Å². The molecular formula is C18H25N5O4. The molecule has 146 valence electrons. The number of amidine groups is 1. The van der Waals surface area contributed by atoms with Crippen molar-refractivity contribution in [1.29, 1.82) is 5.26 Å². The van der Waals surface area contributed by atoms with E-state index in [0.717, 1.165) is 25.6 Å². The maximum atomic E-state index is 11.9. The number of H-pyrrole nitrogens is 1. The number of nitrogens with one attached hydrogen (secondary N) is 1. The minimum Gasteiger partial charge on any atom is -0.448 e. The van der Waals surface area contributed by atoms with E-state index in [-0.39, 0.29) is 18.5 Å². The molecule has 1 saturated heterocycles. The van der Waals surface area contributed by atoms with Gasteiger partial charge >= 0.3 is 6.09 Å².